The van der Waals surface area contributed by atoms with Gasteiger partial charge in [-0.15, -0.1) is 0 Å². The lowest BCUT2D eigenvalue weighted by Gasteiger charge is -2.27. The molecular weight excluding hydrogens is 284 g/mol. The highest BCUT2D eigenvalue weighted by Gasteiger charge is 2.31. The molecule has 0 fully saturated rings. The Balaban J connectivity index is 2.32. The fraction of sp³-hybridized carbons (Fsp3) is 0.0625. The molecule has 0 saturated carbocycles. The van der Waals surface area contributed by atoms with Crippen LogP contribution in [0.25, 0.3) is 0 Å². The first-order valence-corrected chi connectivity index (χ1v) is 7.84. The van der Waals surface area contributed by atoms with Crippen LogP contribution in [0.3, 0.4) is 0 Å². The van der Waals surface area contributed by atoms with Crippen LogP contribution in [-0.4, -0.2) is 8.42 Å². The topological polar surface area (TPSA) is 61.2 Å². The number of nitriles is 1. The SMILES string of the molecule is Cc1ccc2c(c1)N(c1ccccc1)C=C(C#N)S2(=O)=O. The Morgan fingerprint density at radius 2 is 1.81 bits per heavy atom. The van der Waals surface area contributed by atoms with E-state index in [1.165, 1.54) is 6.20 Å². The molecule has 1 heterocycles. The predicted octanol–water partition coefficient (Wildman–Crippen LogP) is 3.29. The first-order valence-electron chi connectivity index (χ1n) is 6.36. The number of allylic oxidation sites excluding steroid dienone is 1. The Bertz CT molecular complexity index is 878. The van der Waals surface area contributed by atoms with Gasteiger partial charge >= 0.3 is 0 Å². The highest BCUT2D eigenvalue weighted by atomic mass is 32.2. The molecule has 0 aliphatic carbocycles. The summed E-state index contributed by atoms with van der Waals surface area (Å²) in [6.07, 6.45) is 1.38. The second-order valence-electron chi connectivity index (χ2n) is 4.79. The molecule has 0 radical (unpaired) electrons. The van der Waals surface area contributed by atoms with E-state index in [0.717, 1.165) is 11.3 Å². The zero-order valence-corrected chi connectivity index (χ0v) is 12.1. The maximum Gasteiger partial charge on any atom is 0.220 e. The number of sulfone groups is 1. The van der Waals surface area contributed by atoms with Gasteiger partial charge in [0.15, 0.2) is 4.91 Å². The number of benzene rings is 2. The Hall–Kier alpha value is -2.58. The van der Waals surface area contributed by atoms with Crippen molar-refractivity contribution in [3.63, 3.8) is 0 Å². The molecule has 0 atom stereocenters. The predicted molar refractivity (Wildman–Crippen MR) is 80.6 cm³/mol. The molecule has 0 spiro atoms. The number of aryl methyl sites for hydroxylation is 1. The third-order valence-corrected chi connectivity index (χ3v) is 5.04. The van der Waals surface area contributed by atoms with Gasteiger partial charge in [-0.3, -0.25) is 0 Å². The average Bonchev–Trinajstić information content (AvgIpc) is 2.48. The van der Waals surface area contributed by atoms with Crippen LogP contribution in [0.1, 0.15) is 5.56 Å². The van der Waals surface area contributed by atoms with E-state index in [4.69, 9.17) is 5.26 Å². The van der Waals surface area contributed by atoms with Gasteiger partial charge in [-0.05, 0) is 36.8 Å². The molecule has 5 heteroatoms. The molecule has 0 bridgehead atoms. The molecule has 0 aromatic heterocycles. The molecule has 1 aliphatic rings. The number of hydrogen-bond donors (Lipinski definition) is 0. The number of para-hydroxylation sites is 1. The van der Waals surface area contributed by atoms with Crippen molar-refractivity contribution < 1.29 is 8.42 Å². The third-order valence-electron chi connectivity index (χ3n) is 3.34. The second-order valence-corrected chi connectivity index (χ2v) is 6.67. The van der Waals surface area contributed by atoms with Crippen molar-refractivity contribution in [3.05, 3.63) is 65.2 Å². The number of nitrogens with zero attached hydrogens (tertiary/aromatic N) is 2. The van der Waals surface area contributed by atoms with Crippen LogP contribution in [0.15, 0.2) is 64.5 Å². The Labute approximate surface area is 123 Å². The summed E-state index contributed by atoms with van der Waals surface area (Å²) in [6, 6.07) is 16.2. The van der Waals surface area contributed by atoms with E-state index in [1.54, 1.807) is 23.1 Å². The van der Waals surface area contributed by atoms with Gasteiger partial charge < -0.3 is 4.90 Å². The van der Waals surface area contributed by atoms with E-state index in [2.05, 4.69) is 0 Å². The lowest BCUT2D eigenvalue weighted by molar-refractivity contribution is 0.602. The van der Waals surface area contributed by atoms with Gasteiger partial charge in [0.1, 0.15) is 6.07 Å². The summed E-state index contributed by atoms with van der Waals surface area (Å²) >= 11 is 0. The molecule has 3 rings (SSSR count). The molecule has 0 N–H and O–H groups in total. The summed E-state index contributed by atoms with van der Waals surface area (Å²) in [5.41, 5.74) is 2.34. The first-order chi connectivity index (χ1) is 10.0. The summed E-state index contributed by atoms with van der Waals surface area (Å²) < 4.78 is 24.8. The Morgan fingerprint density at radius 1 is 1.10 bits per heavy atom. The lowest BCUT2D eigenvalue weighted by atomic mass is 10.2. The summed E-state index contributed by atoms with van der Waals surface area (Å²) in [7, 11) is -3.73. The minimum absolute atomic E-state index is 0.163. The normalized spacial score (nSPS) is 15.8. The standard InChI is InChI=1S/C16H12N2O2S/c1-12-7-8-16-15(9-12)18(13-5-3-2-4-6-13)11-14(10-17)21(16,19)20/h2-9,11H,1H3. The van der Waals surface area contributed by atoms with Crippen molar-refractivity contribution in [2.24, 2.45) is 0 Å². The molecule has 2 aromatic rings. The summed E-state index contributed by atoms with van der Waals surface area (Å²) in [4.78, 5) is 1.65. The van der Waals surface area contributed by atoms with Crippen LogP contribution in [0.4, 0.5) is 11.4 Å². The van der Waals surface area contributed by atoms with Crippen molar-refractivity contribution >= 4 is 21.2 Å². The first kappa shape index (κ1) is 13.4. The fourth-order valence-electron chi connectivity index (χ4n) is 2.31. The van der Waals surface area contributed by atoms with E-state index < -0.39 is 9.84 Å². The van der Waals surface area contributed by atoms with E-state index in [0.29, 0.717) is 5.69 Å². The van der Waals surface area contributed by atoms with Crippen LogP contribution in [0.5, 0.6) is 0 Å². The van der Waals surface area contributed by atoms with Crippen molar-refractivity contribution in [1.29, 1.82) is 5.26 Å². The molecule has 4 nitrogen and oxygen atoms in total. The number of anilines is 2. The largest absolute Gasteiger partial charge is 0.314 e. The fourth-order valence-corrected chi connectivity index (χ4v) is 3.59. The molecular formula is C16H12N2O2S. The van der Waals surface area contributed by atoms with E-state index in [1.807, 2.05) is 43.3 Å². The molecule has 0 amide bonds. The monoisotopic (exact) mass is 296 g/mol. The molecule has 0 unspecified atom stereocenters. The highest BCUT2D eigenvalue weighted by molar-refractivity contribution is 7.95. The van der Waals surface area contributed by atoms with Crippen LogP contribution in [0.2, 0.25) is 0 Å². The highest BCUT2D eigenvalue weighted by Crippen LogP contribution is 2.39. The Morgan fingerprint density at radius 3 is 2.48 bits per heavy atom. The summed E-state index contributed by atoms with van der Waals surface area (Å²) in [5.74, 6) is 0. The van der Waals surface area contributed by atoms with Gasteiger partial charge in [-0.25, -0.2) is 8.42 Å². The smallest absolute Gasteiger partial charge is 0.220 e. The maximum atomic E-state index is 12.4. The minimum Gasteiger partial charge on any atom is -0.314 e. The van der Waals surface area contributed by atoms with Crippen molar-refractivity contribution in [2.75, 3.05) is 4.90 Å². The molecule has 21 heavy (non-hydrogen) atoms. The van der Waals surface area contributed by atoms with Gasteiger partial charge in [0, 0.05) is 11.9 Å². The molecule has 0 saturated heterocycles. The maximum absolute atomic E-state index is 12.4. The zero-order chi connectivity index (χ0) is 15.0. The van der Waals surface area contributed by atoms with Crippen molar-refractivity contribution in [2.45, 2.75) is 11.8 Å². The van der Waals surface area contributed by atoms with E-state index >= 15 is 0 Å². The Kier molecular flexibility index (Phi) is 3.04. The molecule has 2 aromatic carbocycles. The second kappa shape index (κ2) is 4.76. The van der Waals surface area contributed by atoms with Gasteiger partial charge in [-0.1, -0.05) is 24.3 Å². The van der Waals surface area contributed by atoms with Crippen molar-refractivity contribution in [1.82, 2.24) is 0 Å². The average molecular weight is 296 g/mol. The van der Waals surface area contributed by atoms with Crippen molar-refractivity contribution in [3.8, 4) is 6.07 Å². The summed E-state index contributed by atoms with van der Waals surface area (Å²) in [5, 5.41) is 9.15. The number of hydrogen-bond acceptors (Lipinski definition) is 4. The van der Waals surface area contributed by atoms with Gasteiger partial charge in [0.2, 0.25) is 9.84 Å². The van der Waals surface area contributed by atoms with Gasteiger partial charge in [0.25, 0.3) is 0 Å². The quantitative estimate of drug-likeness (QED) is 0.810. The zero-order valence-electron chi connectivity index (χ0n) is 11.3. The third kappa shape index (κ3) is 2.10. The van der Waals surface area contributed by atoms with Crippen LogP contribution >= 0.6 is 0 Å². The number of rotatable bonds is 1. The number of fused-ring (bicyclic) bond motifs is 1. The summed E-state index contributed by atoms with van der Waals surface area (Å²) in [6.45, 7) is 1.90. The minimum atomic E-state index is -3.73. The van der Waals surface area contributed by atoms with Gasteiger partial charge in [0.05, 0.1) is 10.6 Å². The van der Waals surface area contributed by atoms with Crippen LogP contribution in [-0.2, 0) is 9.84 Å². The van der Waals surface area contributed by atoms with Gasteiger partial charge in [-0.2, -0.15) is 5.26 Å². The van der Waals surface area contributed by atoms with Crippen LogP contribution < -0.4 is 4.90 Å². The van der Waals surface area contributed by atoms with Crippen LogP contribution in [0, 0.1) is 18.3 Å². The molecule has 104 valence electrons. The van der Waals surface area contributed by atoms with E-state index in [9.17, 15) is 8.42 Å². The lowest BCUT2D eigenvalue weighted by Crippen LogP contribution is -2.21. The van der Waals surface area contributed by atoms with E-state index in [-0.39, 0.29) is 9.80 Å². The molecule has 1 aliphatic heterocycles.